The fraction of sp³-hybridized carbons (Fsp3) is 0.0294. The molecule has 334 valence electrons. The summed E-state index contributed by atoms with van der Waals surface area (Å²) >= 11 is 0. The number of anilines is 4. The predicted molar refractivity (Wildman–Crippen MR) is 297 cm³/mol. The van der Waals surface area contributed by atoms with Crippen LogP contribution in [0.15, 0.2) is 273 Å². The average Bonchev–Trinajstić information content (AvgIpc) is 4.09. The first-order chi connectivity index (χ1) is 35.3. The van der Waals surface area contributed by atoms with Crippen LogP contribution in [0.5, 0.6) is 0 Å². The molecule has 2 atom stereocenters. The van der Waals surface area contributed by atoms with Crippen molar-refractivity contribution in [3.05, 3.63) is 284 Å². The van der Waals surface area contributed by atoms with E-state index >= 15 is 0 Å². The van der Waals surface area contributed by atoms with Crippen LogP contribution in [0.4, 0.5) is 22.7 Å². The van der Waals surface area contributed by atoms with Gasteiger partial charge in [-0.1, -0.05) is 212 Å². The summed E-state index contributed by atoms with van der Waals surface area (Å²) in [4.78, 5) is 5.19. The number of para-hydroxylation sites is 5. The monoisotopic (exact) mass is 905 g/mol. The van der Waals surface area contributed by atoms with Gasteiger partial charge in [-0.25, -0.2) is 0 Å². The molecular formula is C68H47N3. The van der Waals surface area contributed by atoms with Gasteiger partial charge in [0.2, 0.25) is 0 Å². The molecule has 71 heavy (non-hydrogen) atoms. The Bertz CT molecular complexity index is 3830. The van der Waals surface area contributed by atoms with Gasteiger partial charge in [0.15, 0.2) is 0 Å². The SMILES string of the molecule is c1ccc(-c2ccccc2-c2ccc3c(c2)c2cc(-c4ccccc4-c4ccccc4)ccc2n3-c2ccccc2-c2ccccc2N2c3ccccc3C3C2c2ccccc2N3c2ccccc2)cc1. The molecule has 14 rings (SSSR count). The molecular weight excluding hydrogens is 859 g/mol. The number of rotatable bonds is 8. The first kappa shape index (κ1) is 40.8. The van der Waals surface area contributed by atoms with Crippen molar-refractivity contribution in [3.63, 3.8) is 0 Å². The predicted octanol–water partition coefficient (Wildman–Crippen LogP) is 18.2. The number of benzene rings is 11. The van der Waals surface area contributed by atoms with Gasteiger partial charge in [-0.2, -0.15) is 0 Å². The molecule has 2 unspecified atom stereocenters. The number of nitrogens with zero attached hydrogens (tertiary/aromatic N) is 3. The fourth-order valence-electron chi connectivity index (χ4n) is 11.9. The van der Waals surface area contributed by atoms with Crippen molar-refractivity contribution in [2.24, 2.45) is 0 Å². The lowest BCUT2D eigenvalue weighted by molar-refractivity contribution is 0.634. The van der Waals surface area contributed by atoms with Gasteiger partial charge in [-0.15, -0.1) is 0 Å². The summed E-state index contributed by atoms with van der Waals surface area (Å²) in [6.07, 6.45) is 0. The number of fused-ring (bicyclic) bond motifs is 8. The van der Waals surface area contributed by atoms with E-state index in [-0.39, 0.29) is 12.1 Å². The highest BCUT2D eigenvalue weighted by Gasteiger charge is 2.50. The van der Waals surface area contributed by atoms with E-state index in [1.54, 1.807) is 0 Å². The van der Waals surface area contributed by atoms with Gasteiger partial charge < -0.3 is 14.4 Å². The number of hydrogen-bond donors (Lipinski definition) is 0. The molecule has 0 saturated carbocycles. The van der Waals surface area contributed by atoms with Crippen LogP contribution >= 0.6 is 0 Å². The van der Waals surface area contributed by atoms with E-state index in [9.17, 15) is 0 Å². The summed E-state index contributed by atoms with van der Waals surface area (Å²) in [5.74, 6) is 0. The van der Waals surface area contributed by atoms with Crippen molar-refractivity contribution in [1.29, 1.82) is 0 Å². The van der Waals surface area contributed by atoms with E-state index in [0.717, 1.165) is 16.7 Å². The Balaban J connectivity index is 0.980. The van der Waals surface area contributed by atoms with Gasteiger partial charge in [0.05, 0.1) is 28.8 Å². The minimum atomic E-state index is 0.0553. The molecule has 0 spiro atoms. The molecule has 0 saturated heterocycles. The van der Waals surface area contributed by atoms with E-state index in [4.69, 9.17) is 0 Å². The maximum Gasteiger partial charge on any atom is 0.0862 e. The lowest BCUT2D eigenvalue weighted by Gasteiger charge is -2.31. The lowest BCUT2D eigenvalue weighted by Crippen LogP contribution is -2.24. The quantitative estimate of drug-likeness (QED) is 0.151. The van der Waals surface area contributed by atoms with Crippen LogP contribution in [-0.2, 0) is 0 Å². The second kappa shape index (κ2) is 16.8. The zero-order valence-electron chi connectivity index (χ0n) is 39.0. The Labute approximate surface area is 414 Å². The van der Waals surface area contributed by atoms with Crippen molar-refractivity contribution >= 4 is 44.6 Å². The van der Waals surface area contributed by atoms with Crippen LogP contribution in [0, 0.1) is 0 Å². The Morgan fingerprint density at radius 1 is 0.239 bits per heavy atom. The van der Waals surface area contributed by atoms with E-state index in [2.05, 4.69) is 287 Å². The summed E-state index contributed by atoms with van der Waals surface area (Å²) in [6, 6.07) is 101. The van der Waals surface area contributed by atoms with Crippen LogP contribution in [0.2, 0.25) is 0 Å². The molecule has 1 aromatic heterocycles. The molecule has 2 aliphatic heterocycles. The third-order valence-electron chi connectivity index (χ3n) is 14.9. The van der Waals surface area contributed by atoms with Crippen molar-refractivity contribution in [2.75, 3.05) is 9.80 Å². The maximum absolute atomic E-state index is 2.63. The van der Waals surface area contributed by atoms with Crippen molar-refractivity contribution in [3.8, 4) is 61.3 Å². The molecule has 11 aromatic carbocycles. The standard InChI is InChI=1S/C68H47N3/c1-4-22-46(23-5-1)51-28-10-12-30-53(51)48-40-42-65-59(44-48)60-45-49(54-31-13-11-29-52(54)47-24-6-2-7-25-47)41-43-66(60)70(65)61-36-18-14-32-55(61)56-33-15-19-37-62(56)71-64-39-21-17-35-58(64)67-68(71)57-34-16-20-38-63(57)69(67)50-26-8-3-9-27-50/h1-45,67-68H. The highest BCUT2D eigenvalue weighted by Crippen LogP contribution is 2.63. The van der Waals surface area contributed by atoms with E-state index < -0.39 is 0 Å². The highest BCUT2D eigenvalue weighted by atomic mass is 15.3. The second-order valence-electron chi connectivity index (χ2n) is 18.7. The zero-order chi connectivity index (χ0) is 46.8. The Hall–Kier alpha value is -9.18. The van der Waals surface area contributed by atoms with Crippen LogP contribution < -0.4 is 9.80 Å². The smallest absolute Gasteiger partial charge is 0.0862 e. The van der Waals surface area contributed by atoms with Gasteiger partial charge in [-0.3, -0.25) is 0 Å². The summed E-state index contributed by atoms with van der Waals surface area (Å²) in [7, 11) is 0. The topological polar surface area (TPSA) is 11.4 Å². The fourth-order valence-corrected chi connectivity index (χ4v) is 11.9. The first-order valence-corrected chi connectivity index (χ1v) is 24.7. The van der Waals surface area contributed by atoms with Crippen molar-refractivity contribution in [1.82, 2.24) is 4.57 Å². The van der Waals surface area contributed by atoms with E-state index in [0.29, 0.717) is 0 Å². The minimum absolute atomic E-state index is 0.0553. The molecule has 0 fully saturated rings. The van der Waals surface area contributed by atoms with Crippen molar-refractivity contribution < 1.29 is 0 Å². The van der Waals surface area contributed by atoms with E-state index in [1.165, 1.54) is 100 Å². The molecule has 0 aliphatic carbocycles. The minimum Gasteiger partial charge on any atom is -0.331 e. The molecule has 0 amide bonds. The Morgan fingerprint density at radius 3 is 1.10 bits per heavy atom. The van der Waals surface area contributed by atoms with Gasteiger partial charge in [-0.05, 0) is 105 Å². The molecule has 2 aliphatic rings. The normalized spacial score (nSPS) is 14.7. The lowest BCUT2D eigenvalue weighted by atomic mass is 9.92. The molecule has 0 radical (unpaired) electrons. The number of hydrogen-bond acceptors (Lipinski definition) is 2. The Morgan fingerprint density at radius 2 is 0.592 bits per heavy atom. The molecule has 3 heterocycles. The zero-order valence-corrected chi connectivity index (χ0v) is 39.0. The average molecular weight is 906 g/mol. The molecule has 12 aromatic rings. The highest BCUT2D eigenvalue weighted by molar-refractivity contribution is 6.13. The third kappa shape index (κ3) is 6.58. The van der Waals surface area contributed by atoms with Crippen LogP contribution in [0.1, 0.15) is 23.2 Å². The summed E-state index contributed by atoms with van der Waals surface area (Å²) in [6.45, 7) is 0. The maximum atomic E-state index is 2.63. The van der Waals surface area contributed by atoms with Crippen LogP contribution in [0.3, 0.4) is 0 Å². The Kier molecular flexibility index (Phi) is 9.67. The van der Waals surface area contributed by atoms with E-state index in [1.807, 2.05) is 0 Å². The summed E-state index contributed by atoms with van der Waals surface area (Å²) in [5.41, 5.74) is 23.0. The molecule has 3 heteroatoms. The molecule has 3 nitrogen and oxygen atoms in total. The molecule has 0 N–H and O–H groups in total. The van der Waals surface area contributed by atoms with Gasteiger partial charge >= 0.3 is 0 Å². The first-order valence-electron chi connectivity index (χ1n) is 24.7. The largest absolute Gasteiger partial charge is 0.331 e. The summed E-state index contributed by atoms with van der Waals surface area (Å²) in [5, 5.41) is 2.42. The number of aromatic nitrogens is 1. The van der Waals surface area contributed by atoms with Gasteiger partial charge in [0, 0.05) is 55.8 Å². The third-order valence-corrected chi connectivity index (χ3v) is 14.9. The van der Waals surface area contributed by atoms with Crippen molar-refractivity contribution in [2.45, 2.75) is 12.1 Å². The van der Waals surface area contributed by atoms with Crippen LogP contribution in [0.25, 0.3) is 83.1 Å². The van der Waals surface area contributed by atoms with Crippen LogP contribution in [-0.4, -0.2) is 4.57 Å². The van der Waals surface area contributed by atoms with Gasteiger partial charge in [0.1, 0.15) is 0 Å². The molecule has 0 bridgehead atoms. The van der Waals surface area contributed by atoms with Gasteiger partial charge in [0.25, 0.3) is 0 Å². The second-order valence-corrected chi connectivity index (χ2v) is 18.7. The summed E-state index contributed by atoms with van der Waals surface area (Å²) < 4.78 is 2.51.